The van der Waals surface area contributed by atoms with Crippen molar-refractivity contribution in [2.45, 2.75) is 27.7 Å². The monoisotopic (exact) mass is 600 g/mol. The molecule has 4 N–H and O–H groups in total. The predicted octanol–water partition coefficient (Wildman–Crippen LogP) is 0.610. The molecule has 0 bridgehead atoms. The number of rotatable bonds is 16. The van der Waals surface area contributed by atoms with Gasteiger partial charge in [0.25, 0.3) is 0 Å². The van der Waals surface area contributed by atoms with Gasteiger partial charge in [-0.2, -0.15) is 19.6 Å². The Morgan fingerprint density at radius 3 is 0.732 bits per heavy atom. The molecule has 0 aliphatic rings. The minimum Gasteiger partial charge on any atom is -0.396 e. The third-order valence-corrected chi connectivity index (χ3v) is 3.04. The summed E-state index contributed by atoms with van der Waals surface area (Å²) >= 11 is 0. The van der Waals surface area contributed by atoms with Crippen LogP contribution in [0.2, 0.25) is 0 Å². The Bertz CT molecular complexity index is 576. The molecule has 16 nitrogen and oxygen atoms in total. The SMILES string of the molecule is C=CC(=O)OOCC.C=CC(=O)OOCC.C=CC(=O)OOCC.C=CC(=O)OOCC.OCC(CO)(CO)CO. The first-order valence-electron chi connectivity index (χ1n) is 11.7. The summed E-state index contributed by atoms with van der Waals surface area (Å²) in [6.07, 6.45) is 4.15. The first-order valence-corrected chi connectivity index (χ1v) is 11.7. The fraction of sp³-hybridized carbons (Fsp3) is 0.520. The highest BCUT2D eigenvalue weighted by Crippen LogP contribution is 2.11. The average molecular weight is 601 g/mol. The summed E-state index contributed by atoms with van der Waals surface area (Å²) in [5.74, 6) is -2.25. The molecule has 16 heteroatoms. The Balaban J connectivity index is -0.000000132. The highest BCUT2D eigenvalue weighted by molar-refractivity contribution is 5.81. The van der Waals surface area contributed by atoms with Crippen LogP contribution in [0.1, 0.15) is 27.7 Å². The van der Waals surface area contributed by atoms with Crippen molar-refractivity contribution >= 4 is 23.9 Å². The number of carbonyl (C=O) groups excluding carboxylic acids is 4. The van der Waals surface area contributed by atoms with Crippen molar-refractivity contribution in [3.8, 4) is 0 Å². The molecule has 0 spiro atoms. The van der Waals surface area contributed by atoms with Gasteiger partial charge in [0, 0.05) is 24.3 Å². The molecule has 240 valence electrons. The minimum atomic E-state index is -1.11. The van der Waals surface area contributed by atoms with Gasteiger partial charge in [-0.15, -0.1) is 0 Å². The molecule has 0 fully saturated rings. The zero-order valence-electron chi connectivity index (χ0n) is 24.0. The van der Waals surface area contributed by atoms with Gasteiger partial charge in [-0.3, -0.25) is 19.6 Å². The molecule has 0 rings (SSSR count). The topological polar surface area (TPSA) is 223 Å². The van der Waals surface area contributed by atoms with Crippen molar-refractivity contribution in [1.29, 1.82) is 0 Å². The highest BCUT2D eigenvalue weighted by atomic mass is 17.2. The smallest absolute Gasteiger partial charge is 0.365 e. The Labute approximate surface area is 239 Å². The fourth-order valence-electron chi connectivity index (χ4n) is 0.904. The second-order valence-corrected chi connectivity index (χ2v) is 6.18. The molecule has 0 aromatic carbocycles. The second kappa shape index (κ2) is 38.7. The van der Waals surface area contributed by atoms with Crippen LogP contribution in [0.3, 0.4) is 0 Å². The Kier molecular flexibility index (Phi) is 44.6. The van der Waals surface area contributed by atoms with Gasteiger partial charge in [-0.1, -0.05) is 26.3 Å². The average Bonchev–Trinajstić information content (AvgIpc) is 3.02. The van der Waals surface area contributed by atoms with Gasteiger partial charge in [-0.25, -0.2) is 19.2 Å². The van der Waals surface area contributed by atoms with Crippen molar-refractivity contribution in [2.24, 2.45) is 5.41 Å². The number of carbonyl (C=O) groups is 4. The number of aliphatic hydroxyl groups is 4. The van der Waals surface area contributed by atoms with Crippen LogP contribution in [0.4, 0.5) is 0 Å². The van der Waals surface area contributed by atoms with E-state index in [4.69, 9.17) is 20.4 Å². The quantitative estimate of drug-likeness (QED) is 0.108. The molecule has 41 heavy (non-hydrogen) atoms. The molecule has 0 saturated carbocycles. The number of hydrogen-bond acceptors (Lipinski definition) is 16. The van der Waals surface area contributed by atoms with E-state index in [2.05, 4.69) is 65.4 Å². The fourth-order valence-corrected chi connectivity index (χ4v) is 0.904. The molecule has 0 saturated heterocycles. The van der Waals surface area contributed by atoms with E-state index in [1.165, 1.54) is 0 Å². The molecule has 0 unspecified atom stereocenters. The Hall–Kier alpha value is -3.48. The van der Waals surface area contributed by atoms with Crippen LogP contribution in [0.25, 0.3) is 0 Å². The van der Waals surface area contributed by atoms with E-state index in [1.54, 1.807) is 27.7 Å². The molecular formula is C25H44O16. The molecule has 0 aromatic heterocycles. The van der Waals surface area contributed by atoms with E-state index < -0.39 is 55.7 Å². The molecule has 0 amide bonds. The van der Waals surface area contributed by atoms with E-state index >= 15 is 0 Å². The van der Waals surface area contributed by atoms with Crippen LogP contribution in [-0.4, -0.2) is 97.2 Å². The van der Waals surface area contributed by atoms with E-state index in [0.717, 1.165) is 24.3 Å². The molecule has 0 aromatic rings. The predicted molar refractivity (Wildman–Crippen MR) is 142 cm³/mol. The van der Waals surface area contributed by atoms with Crippen LogP contribution in [0, 0.1) is 5.41 Å². The number of aliphatic hydroxyl groups excluding tert-OH is 4. The van der Waals surface area contributed by atoms with Crippen LogP contribution < -0.4 is 0 Å². The lowest BCUT2D eigenvalue weighted by Gasteiger charge is -2.23. The zero-order valence-corrected chi connectivity index (χ0v) is 24.0. The number of hydrogen-bond donors (Lipinski definition) is 4. The Morgan fingerprint density at radius 1 is 0.488 bits per heavy atom. The lowest BCUT2D eigenvalue weighted by Crippen LogP contribution is -2.37. The maximum atomic E-state index is 10.1. The van der Waals surface area contributed by atoms with Crippen molar-refractivity contribution < 1.29 is 78.7 Å². The van der Waals surface area contributed by atoms with Crippen LogP contribution in [-0.2, 0) is 58.3 Å². The van der Waals surface area contributed by atoms with Gasteiger partial charge in [0.1, 0.15) is 0 Å². The lowest BCUT2D eigenvalue weighted by atomic mass is 9.93. The van der Waals surface area contributed by atoms with Crippen LogP contribution in [0.5, 0.6) is 0 Å². The normalized spacial score (nSPS) is 8.98. The van der Waals surface area contributed by atoms with Gasteiger partial charge in [0.05, 0.1) is 58.3 Å². The van der Waals surface area contributed by atoms with Gasteiger partial charge < -0.3 is 20.4 Å². The van der Waals surface area contributed by atoms with Gasteiger partial charge in [0.2, 0.25) is 0 Å². The van der Waals surface area contributed by atoms with E-state index in [0.29, 0.717) is 26.4 Å². The van der Waals surface area contributed by atoms with E-state index in [1.807, 2.05) is 0 Å². The summed E-state index contributed by atoms with van der Waals surface area (Å²) in [6.45, 7) is 19.3. The third-order valence-electron chi connectivity index (χ3n) is 3.04. The molecular weight excluding hydrogens is 556 g/mol. The van der Waals surface area contributed by atoms with Gasteiger partial charge in [-0.05, 0) is 27.7 Å². The summed E-state index contributed by atoms with van der Waals surface area (Å²) in [7, 11) is 0. The molecule has 0 atom stereocenters. The van der Waals surface area contributed by atoms with Crippen molar-refractivity contribution in [3.63, 3.8) is 0 Å². The summed E-state index contributed by atoms with van der Waals surface area (Å²) < 4.78 is 0. The summed E-state index contributed by atoms with van der Waals surface area (Å²) in [5, 5.41) is 34.0. The largest absolute Gasteiger partial charge is 0.396 e. The van der Waals surface area contributed by atoms with E-state index in [9.17, 15) is 19.2 Å². The summed E-state index contributed by atoms with van der Waals surface area (Å²) in [6, 6.07) is 0. The second-order valence-electron chi connectivity index (χ2n) is 6.18. The molecule has 0 heterocycles. The maximum Gasteiger partial charge on any atom is 0.365 e. The first kappa shape index (κ1) is 47.3. The third kappa shape index (κ3) is 41.2. The lowest BCUT2D eigenvalue weighted by molar-refractivity contribution is -0.264. The zero-order chi connectivity index (χ0) is 33.0. The van der Waals surface area contributed by atoms with Gasteiger partial charge in [0.15, 0.2) is 0 Å². The molecule has 0 radical (unpaired) electrons. The summed E-state index contributed by atoms with van der Waals surface area (Å²) in [5.41, 5.74) is -1.11. The Morgan fingerprint density at radius 2 is 0.659 bits per heavy atom. The molecule has 0 aliphatic carbocycles. The summed E-state index contributed by atoms with van der Waals surface area (Å²) in [4.78, 5) is 73.8. The molecule has 0 aliphatic heterocycles. The highest BCUT2D eigenvalue weighted by Gasteiger charge is 2.26. The first-order chi connectivity index (χ1) is 19.5. The van der Waals surface area contributed by atoms with Crippen LogP contribution >= 0.6 is 0 Å². The maximum absolute atomic E-state index is 10.1. The van der Waals surface area contributed by atoms with Crippen molar-refractivity contribution in [3.05, 3.63) is 50.6 Å². The van der Waals surface area contributed by atoms with E-state index in [-0.39, 0.29) is 0 Å². The van der Waals surface area contributed by atoms with Gasteiger partial charge >= 0.3 is 23.9 Å². The van der Waals surface area contributed by atoms with Crippen molar-refractivity contribution in [2.75, 3.05) is 52.9 Å². The van der Waals surface area contributed by atoms with Crippen LogP contribution in [0.15, 0.2) is 50.6 Å². The van der Waals surface area contributed by atoms with Crippen molar-refractivity contribution in [1.82, 2.24) is 0 Å². The minimum absolute atomic E-state index is 0.361. The standard InChI is InChI=1S/C5H12O4.4C5H8O3/c6-1-5(2-7,3-8)4-9;4*1-3-5(6)8-7-4-2/h6-9H,1-4H2;4*3H,1,4H2,2H3.